The zero-order valence-corrected chi connectivity index (χ0v) is 9.88. The number of nitrogens with one attached hydrogen (secondary N) is 1. The molecule has 2 N–H and O–H groups in total. The van der Waals surface area contributed by atoms with E-state index >= 15 is 0 Å². The van der Waals surface area contributed by atoms with Crippen molar-refractivity contribution in [2.75, 3.05) is 26.7 Å². The van der Waals surface area contributed by atoms with E-state index in [-0.39, 0.29) is 12.1 Å². The Balaban J connectivity index is 2.67. The maximum atomic E-state index is 9.57. The van der Waals surface area contributed by atoms with Gasteiger partial charge in [-0.1, -0.05) is 20.8 Å². The number of aliphatic hydroxyl groups is 1. The number of piperidine rings is 1. The van der Waals surface area contributed by atoms with E-state index in [0.717, 1.165) is 19.5 Å². The second kappa shape index (κ2) is 4.60. The normalized spacial score (nSPS) is 35.1. The summed E-state index contributed by atoms with van der Waals surface area (Å²) in [6, 6.07) is 0.438. The molecule has 0 saturated carbocycles. The molecule has 1 aliphatic heterocycles. The predicted octanol–water partition coefficient (Wildman–Crippen LogP) is 0.687. The molecule has 1 aliphatic rings. The van der Waals surface area contributed by atoms with Crippen molar-refractivity contribution in [3.8, 4) is 0 Å². The topological polar surface area (TPSA) is 35.5 Å². The Morgan fingerprint density at radius 2 is 2.21 bits per heavy atom. The SMILES string of the molecule is CC(C)NC1(CO)CCN(C)CC1C. The molecular formula is C11H24N2O. The first kappa shape index (κ1) is 12.0. The van der Waals surface area contributed by atoms with Gasteiger partial charge in [-0.05, 0) is 25.9 Å². The fourth-order valence-electron chi connectivity index (χ4n) is 2.44. The number of rotatable bonds is 3. The average molecular weight is 200 g/mol. The highest BCUT2D eigenvalue weighted by atomic mass is 16.3. The molecular weight excluding hydrogens is 176 g/mol. The van der Waals surface area contributed by atoms with Crippen LogP contribution < -0.4 is 5.32 Å². The fraction of sp³-hybridized carbons (Fsp3) is 1.00. The van der Waals surface area contributed by atoms with E-state index in [9.17, 15) is 5.11 Å². The summed E-state index contributed by atoms with van der Waals surface area (Å²) in [5.41, 5.74) is -0.0549. The number of hydrogen-bond donors (Lipinski definition) is 2. The predicted molar refractivity (Wildman–Crippen MR) is 59.4 cm³/mol. The molecule has 0 amide bonds. The first-order valence-electron chi connectivity index (χ1n) is 5.57. The minimum absolute atomic E-state index is 0.0549. The van der Waals surface area contributed by atoms with E-state index in [4.69, 9.17) is 0 Å². The van der Waals surface area contributed by atoms with Crippen LogP contribution in [0.4, 0.5) is 0 Å². The van der Waals surface area contributed by atoms with Crippen molar-refractivity contribution in [2.24, 2.45) is 5.92 Å². The van der Waals surface area contributed by atoms with Crippen molar-refractivity contribution < 1.29 is 5.11 Å². The summed E-state index contributed by atoms with van der Waals surface area (Å²) >= 11 is 0. The molecule has 0 aromatic heterocycles. The van der Waals surface area contributed by atoms with E-state index in [0.29, 0.717) is 12.0 Å². The lowest BCUT2D eigenvalue weighted by Crippen LogP contribution is -2.62. The zero-order chi connectivity index (χ0) is 10.8. The number of nitrogens with zero attached hydrogens (tertiary/aromatic N) is 1. The van der Waals surface area contributed by atoms with Crippen LogP contribution in [0.2, 0.25) is 0 Å². The quantitative estimate of drug-likeness (QED) is 0.703. The van der Waals surface area contributed by atoms with Gasteiger partial charge in [0.25, 0.3) is 0 Å². The number of aliphatic hydroxyl groups excluding tert-OH is 1. The molecule has 0 aromatic rings. The van der Waals surface area contributed by atoms with E-state index in [1.807, 2.05) is 0 Å². The van der Waals surface area contributed by atoms with Crippen LogP contribution in [-0.4, -0.2) is 48.3 Å². The molecule has 3 nitrogen and oxygen atoms in total. The monoisotopic (exact) mass is 200 g/mol. The van der Waals surface area contributed by atoms with Crippen molar-refractivity contribution in [2.45, 2.75) is 38.8 Å². The summed E-state index contributed by atoms with van der Waals surface area (Å²) < 4.78 is 0. The third-order valence-corrected chi connectivity index (χ3v) is 3.33. The van der Waals surface area contributed by atoms with Crippen LogP contribution in [0.5, 0.6) is 0 Å². The van der Waals surface area contributed by atoms with Gasteiger partial charge in [-0.3, -0.25) is 0 Å². The van der Waals surface area contributed by atoms with E-state index in [2.05, 4.69) is 38.0 Å². The largest absolute Gasteiger partial charge is 0.394 e. The third-order valence-electron chi connectivity index (χ3n) is 3.33. The average Bonchev–Trinajstić information content (AvgIpc) is 2.10. The maximum Gasteiger partial charge on any atom is 0.0617 e. The summed E-state index contributed by atoms with van der Waals surface area (Å²) in [6.45, 7) is 8.90. The molecule has 0 spiro atoms. The van der Waals surface area contributed by atoms with Crippen LogP contribution in [0.1, 0.15) is 27.2 Å². The van der Waals surface area contributed by atoms with Crippen LogP contribution in [0.3, 0.4) is 0 Å². The summed E-state index contributed by atoms with van der Waals surface area (Å²) in [7, 11) is 2.15. The van der Waals surface area contributed by atoms with Crippen molar-refractivity contribution in [3.05, 3.63) is 0 Å². The van der Waals surface area contributed by atoms with Crippen LogP contribution in [0, 0.1) is 5.92 Å². The van der Waals surface area contributed by atoms with Crippen LogP contribution in [0.15, 0.2) is 0 Å². The highest BCUT2D eigenvalue weighted by Gasteiger charge is 2.39. The summed E-state index contributed by atoms with van der Waals surface area (Å²) in [5, 5.41) is 13.1. The van der Waals surface area contributed by atoms with Gasteiger partial charge in [-0.2, -0.15) is 0 Å². The highest BCUT2D eigenvalue weighted by molar-refractivity contribution is 4.97. The van der Waals surface area contributed by atoms with Gasteiger partial charge < -0.3 is 15.3 Å². The van der Waals surface area contributed by atoms with Gasteiger partial charge in [0.15, 0.2) is 0 Å². The molecule has 0 radical (unpaired) electrons. The Labute approximate surface area is 87.5 Å². The van der Waals surface area contributed by atoms with Gasteiger partial charge in [0.2, 0.25) is 0 Å². The molecule has 1 saturated heterocycles. The smallest absolute Gasteiger partial charge is 0.0617 e. The van der Waals surface area contributed by atoms with Crippen LogP contribution >= 0.6 is 0 Å². The minimum atomic E-state index is -0.0549. The fourth-order valence-corrected chi connectivity index (χ4v) is 2.44. The van der Waals surface area contributed by atoms with Crippen molar-refractivity contribution >= 4 is 0 Å². The molecule has 1 heterocycles. The molecule has 3 heteroatoms. The number of likely N-dealkylation sites (tertiary alicyclic amines) is 1. The first-order valence-corrected chi connectivity index (χ1v) is 5.57. The molecule has 2 atom stereocenters. The summed E-state index contributed by atoms with van der Waals surface area (Å²) in [4.78, 5) is 2.33. The Bertz CT molecular complexity index is 184. The lowest BCUT2D eigenvalue weighted by molar-refractivity contribution is 0.0364. The zero-order valence-electron chi connectivity index (χ0n) is 9.88. The Hall–Kier alpha value is -0.120. The first-order chi connectivity index (χ1) is 6.50. The maximum absolute atomic E-state index is 9.57. The van der Waals surface area contributed by atoms with Gasteiger partial charge in [0, 0.05) is 18.1 Å². The summed E-state index contributed by atoms with van der Waals surface area (Å²) in [6.07, 6.45) is 1.04. The van der Waals surface area contributed by atoms with E-state index < -0.39 is 0 Å². The van der Waals surface area contributed by atoms with Crippen molar-refractivity contribution in [1.29, 1.82) is 0 Å². The molecule has 84 valence electrons. The Morgan fingerprint density at radius 3 is 2.64 bits per heavy atom. The lowest BCUT2D eigenvalue weighted by atomic mass is 9.79. The van der Waals surface area contributed by atoms with Gasteiger partial charge in [-0.25, -0.2) is 0 Å². The van der Waals surface area contributed by atoms with Gasteiger partial charge in [0.05, 0.1) is 6.61 Å². The van der Waals surface area contributed by atoms with E-state index in [1.165, 1.54) is 0 Å². The van der Waals surface area contributed by atoms with Crippen LogP contribution in [-0.2, 0) is 0 Å². The molecule has 0 bridgehead atoms. The second-order valence-electron chi connectivity index (χ2n) is 5.03. The Kier molecular flexibility index (Phi) is 3.93. The van der Waals surface area contributed by atoms with Crippen molar-refractivity contribution in [1.82, 2.24) is 10.2 Å². The lowest BCUT2D eigenvalue weighted by Gasteiger charge is -2.46. The number of hydrogen-bond acceptors (Lipinski definition) is 3. The minimum Gasteiger partial charge on any atom is -0.394 e. The summed E-state index contributed by atoms with van der Waals surface area (Å²) in [5.74, 6) is 0.508. The van der Waals surface area contributed by atoms with Gasteiger partial charge in [-0.15, -0.1) is 0 Å². The molecule has 0 aliphatic carbocycles. The van der Waals surface area contributed by atoms with Crippen LogP contribution in [0.25, 0.3) is 0 Å². The third kappa shape index (κ3) is 2.47. The second-order valence-corrected chi connectivity index (χ2v) is 5.03. The van der Waals surface area contributed by atoms with E-state index in [1.54, 1.807) is 0 Å². The van der Waals surface area contributed by atoms with Gasteiger partial charge >= 0.3 is 0 Å². The molecule has 14 heavy (non-hydrogen) atoms. The Morgan fingerprint density at radius 1 is 1.57 bits per heavy atom. The molecule has 1 rings (SSSR count). The standard InChI is InChI=1S/C11H24N2O/c1-9(2)12-11(8-14)5-6-13(4)7-10(11)3/h9-10,12,14H,5-8H2,1-4H3. The molecule has 1 fully saturated rings. The molecule has 2 unspecified atom stereocenters. The highest BCUT2D eigenvalue weighted by Crippen LogP contribution is 2.27. The van der Waals surface area contributed by atoms with Crippen molar-refractivity contribution in [3.63, 3.8) is 0 Å². The molecule has 0 aromatic carbocycles. The van der Waals surface area contributed by atoms with Gasteiger partial charge in [0.1, 0.15) is 0 Å².